The van der Waals surface area contributed by atoms with Gasteiger partial charge in [-0.2, -0.15) is 5.10 Å². The predicted octanol–water partition coefficient (Wildman–Crippen LogP) is 2.39. The molecule has 0 aliphatic carbocycles. The molecule has 94 valence electrons. The summed E-state index contributed by atoms with van der Waals surface area (Å²) in [5, 5.41) is 7.09. The molecule has 2 rings (SSSR count). The van der Waals surface area contributed by atoms with E-state index in [1.807, 2.05) is 14.0 Å². The van der Waals surface area contributed by atoms with Gasteiger partial charge < -0.3 is 5.32 Å². The molecule has 0 aliphatic rings. The molecule has 0 unspecified atom stereocenters. The van der Waals surface area contributed by atoms with Gasteiger partial charge in [0.1, 0.15) is 5.69 Å². The summed E-state index contributed by atoms with van der Waals surface area (Å²) in [6.45, 7) is 1.99. The number of pyridine rings is 1. The highest BCUT2D eigenvalue weighted by Gasteiger charge is 2.14. The number of hydrogen-bond acceptors (Lipinski definition) is 3. The third-order valence-corrected chi connectivity index (χ3v) is 3.10. The number of anilines is 1. The summed E-state index contributed by atoms with van der Waals surface area (Å²) in [5.74, 6) is -0.245. The van der Waals surface area contributed by atoms with Crippen LogP contribution in [0.25, 0.3) is 0 Å². The van der Waals surface area contributed by atoms with Gasteiger partial charge in [-0.15, -0.1) is 0 Å². The van der Waals surface area contributed by atoms with Crippen LogP contribution in [0.1, 0.15) is 23.1 Å². The van der Waals surface area contributed by atoms with Gasteiger partial charge >= 0.3 is 0 Å². The standard InChI is InChI=1S/C12H13BrN4O/c1-3-9-10(7-17(2)16-9)15-12(18)11-8(13)5-4-6-14-11/h4-7H,3H2,1-2H3,(H,15,18). The van der Waals surface area contributed by atoms with Gasteiger partial charge in [-0.25, -0.2) is 4.98 Å². The Kier molecular flexibility index (Phi) is 3.76. The Balaban J connectivity index is 2.24. The van der Waals surface area contributed by atoms with Crippen LogP contribution in [0.4, 0.5) is 5.69 Å². The van der Waals surface area contributed by atoms with Gasteiger partial charge in [0.2, 0.25) is 0 Å². The van der Waals surface area contributed by atoms with E-state index >= 15 is 0 Å². The smallest absolute Gasteiger partial charge is 0.275 e. The van der Waals surface area contributed by atoms with Crippen LogP contribution in [0.2, 0.25) is 0 Å². The lowest BCUT2D eigenvalue weighted by Crippen LogP contribution is -2.14. The van der Waals surface area contributed by atoms with E-state index in [9.17, 15) is 4.79 Å². The molecule has 0 aromatic carbocycles. The van der Waals surface area contributed by atoms with Gasteiger partial charge in [0.05, 0.1) is 11.4 Å². The fraction of sp³-hybridized carbons (Fsp3) is 0.250. The summed E-state index contributed by atoms with van der Waals surface area (Å²) in [6, 6.07) is 3.55. The largest absolute Gasteiger partial charge is 0.318 e. The monoisotopic (exact) mass is 308 g/mol. The number of rotatable bonds is 3. The van der Waals surface area contributed by atoms with E-state index < -0.39 is 0 Å². The Morgan fingerprint density at radius 3 is 3.00 bits per heavy atom. The summed E-state index contributed by atoms with van der Waals surface area (Å²) < 4.78 is 2.35. The highest BCUT2D eigenvalue weighted by Crippen LogP contribution is 2.18. The van der Waals surface area contributed by atoms with Gasteiger partial charge in [-0.1, -0.05) is 6.92 Å². The van der Waals surface area contributed by atoms with Crippen LogP contribution in [0.15, 0.2) is 29.0 Å². The van der Waals surface area contributed by atoms with E-state index in [2.05, 4.69) is 31.3 Å². The first-order chi connectivity index (χ1) is 8.61. The number of amides is 1. The van der Waals surface area contributed by atoms with Crippen LogP contribution in [0.5, 0.6) is 0 Å². The Bertz CT molecular complexity index is 579. The van der Waals surface area contributed by atoms with Gasteiger partial charge in [-0.05, 0) is 34.5 Å². The average molecular weight is 309 g/mol. The molecule has 0 atom stereocenters. The topological polar surface area (TPSA) is 59.8 Å². The number of halogens is 1. The lowest BCUT2D eigenvalue weighted by Gasteiger charge is -2.04. The molecule has 0 spiro atoms. The van der Waals surface area contributed by atoms with Crippen molar-refractivity contribution >= 4 is 27.5 Å². The fourth-order valence-electron chi connectivity index (χ4n) is 1.63. The van der Waals surface area contributed by atoms with E-state index in [4.69, 9.17) is 0 Å². The number of carbonyl (C=O) groups is 1. The summed E-state index contributed by atoms with van der Waals surface area (Å²) in [5.41, 5.74) is 1.95. The molecule has 0 saturated heterocycles. The minimum atomic E-state index is -0.245. The zero-order valence-electron chi connectivity index (χ0n) is 10.1. The quantitative estimate of drug-likeness (QED) is 0.947. The maximum Gasteiger partial charge on any atom is 0.275 e. The minimum absolute atomic E-state index is 0.245. The van der Waals surface area contributed by atoms with Crippen molar-refractivity contribution in [2.24, 2.45) is 7.05 Å². The highest BCUT2D eigenvalue weighted by atomic mass is 79.9. The Morgan fingerprint density at radius 2 is 2.33 bits per heavy atom. The number of aromatic nitrogens is 3. The minimum Gasteiger partial charge on any atom is -0.318 e. The Hall–Kier alpha value is -1.69. The summed E-state index contributed by atoms with van der Waals surface area (Å²) in [6.07, 6.45) is 4.14. The van der Waals surface area contributed by atoms with E-state index in [1.165, 1.54) is 0 Å². The van der Waals surface area contributed by atoms with Crippen molar-refractivity contribution in [2.75, 3.05) is 5.32 Å². The summed E-state index contributed by atoms with van der Waals surface area (Å²) in [4.78, 5) is 16.1. The fourth-order valence-corrected chi connectivity index (χ4v) is 2.07. The number of nitrogens with one attached hydrogen (secondary N) is 1. The van der Waals surface area contributed by atoms with Crippen LogP contribution in [0, 0.1) is 0 Å². The lowest BCUT2D eigenvalue weighted by atomic mass is 10.3. The second kappa shape index (κ2) is 5.30. The van der Waals surface area contributed by atoms with Gasteiger partial charge in [-0.3, -0.25) is 9.48 Å². The SMILES string of the molecule is CCc1nn(C)cc1NC(=O)c1ncccc1Br. The van der Waals surface area contributed by atoms with E-state index in [0.717, 1.165) is 17.8 Å². The number of hydrogen-bond donors (Lipinski definition) is 1. The molecule has 0 radical (unpaired) electrons. The highest BCUT2D eigenvalue weighted by molar-refractivity contribution is 9.10. The second-order valence-corrected chi connectivity index (χ2v) is 4.66. The molecule has 1 N–H and O–H groups in total. The molecule has 2 aromatic rings. The zero-order valence-corrected chi connectivity index (χ0v) is 11.7. The maximum absolute atomic E-state index is 12.1. The number of carbonyl (C=O) groups excluding carboxylic acids is 1. The van der Waals surface area contributed by atoms with E-state index in [0.29, 0.717) is 10.2 Å². The molecular weight excluding hydrogens is 296 g/mol. The van der Waals surface area contributed by atoms with Gasteiger partial charge in [0, 0.05) is 23.9 Å². The molecule has 2 heterocycles. The first-order valence-corrected chi connectivity index (χ1v) is 6.35. The van der Waals surface area contributed by atoms with E-state index in [-0.39, 0.29) is 5.91 Å². The third-order valence-electron chi connectivity index (χ3n) is 2.46. The number of aryl methyl sites for hydroxylation is 2. The van der Waals surface area contributed by atoms with Crippen molar-refractivity contribution < 1.29 is 4.79 Å². The Morgan fingerprint density at radius 1 is 1.56 bits per heavy atom. The van der Waals surface area contributed by atoms with Gasteiger partial charge in [0.15, 0.2) is 0 Å². The van der Waals surface area contributed by atoms with E-state index in [1.54, 1.807) is 29.2 Å². The number of nitrogens with zero attached hydrogens (tertiary/aromatic N) is 3. The van der Waals surface area contributed by atoms with Crippen molar-refractivity contribution in [3.63, 3.8) is 0 Å². The van der Waals surface area contributed by atoms with Crippen molar-refractivity contribution in [1.82, 2.24) is 14.8 Å². The molecule has 1 amide bonds. The zero-order chi connectivity index (χ0) is 13.1. The van der Waals surface area contributed by atoms with Crippen LogP contribution in [-0.2, 0) is 13.5 Å². The first-order valence-electron chi connectivity index (χ1n) is 5.56. The molecule has 0 fully saturated rings. The van der Waals surface area contributed by atoms with Crippen molar-refractivity contribution in [2.45, 2.75) is 13.3 Å². The molecule has 18 heavy (non-hydrogen) atoms. The Labute approximate surface area is 113 Å². The maximum atomic E-state index is 12.1. The first kappa shape index (κ1) is 12.8. The molecule has 0 bridgehead atoms. The summed E-state index contributed by atoms with van der Waals surface area (Å²) in [7, 11) is 1.82. The normalized spacial score (nSPS) is 10.4. The molecule has 0 aliphatic heterocycles. The van der Waals surface area contributed by atoms with Crippen LogP contribution in [-0.4, -0.2) is 20.7 Å². The average Bonchev–Trinajstić information content (AvgIpc) is 2.70. The van der Waals surface area contributed by atoms with Crippen LogP contribution < -0.4 is 5.32 Å². The third kappa shape index (κ3) is 2.59. The van der Waals surface area contributed by atoms with Crippen molar-refractivity contribution in [1.29, 1.82) is 0 Å². The molecule has 5 nitrogen and oxygen atoms in total. The molecule has 6 heteroatoms. The molecular formula is C12H13BrN4O. The predicted molar refractivity (Wildman–Crippen MR) is 72.5 cm³/mol. The summed E-state index contributed by atoms with van der Waals surface area (Å²) >= 11 is 3.31. The van der Waals surface area contributed by atoms with Crippen molar-refractivity contribution in [3.05, 3.63) is 40.4 Å². The molecule has 2 aromatic heterocycles. The second-order valence-electron chi connectivity index (χ2n) is 3.80. The van der Waals surface area contributed by atoms with Crippen molar-refractivity contribution in [3.8, 4) is 0 Å². The lowest BCUT2D eigenvalue weighted by molar-refractivity contribution is 0.102. The van der Waals surface area contributed by atoms with Gasteiger partial charge in [0.25, 0.3) is 5.91 Å². The van der Waals surface area contributed by atoms with Crippen LogP contribution in [0.3, 0.4) is 0 Å². The van der Waals surface area contributed by atoms with Crippen LogP contribution >= 0.6 is 15.9 Å². The molecule has 0 saturated carbocycles.